The third-order valence-electron chi connectivity index (χ3n) is 5.85. The highest BCUT2D eigenvalue weighted by molar-refractivity contribution is 5.94. The van der Waals surface area contributed by atoms with E-state index < -0.39 is 0 Å². The summed E-state index contributed by atoms with van der Waals surface area (Å²) in [5, 5.41) is 0. The smallest absolute Gasteiger partial charge is 0.258 e. The number of aromatic nitrogens is 3. The molecule has 0 unspecified atom stereocenters. The van der Waals surface area contributed by atoms with Crippen molar-refractivity contribution >= 4 is 5.91 Å². The fourth-order valence-corrected chi connectivity index (χ4v) is 4.54. The number of nitrogens with zero attached hydrogens (tertiary/aromatic N) is 4. The van der Waals surface area contributed by atoms with Crippen LogP contribution in [0.15, 0.2) is 59.9 Å². The number of fused-ring (bicyclic) bond motifs is 4. The first kappa shape index (κ1) is 17.7. The summed E-state index contributed by atoms with van der Waals surface area (Å²) in [6.45, 7) is 1.73. The van der Waals surface area contributed by atoms with Crippen LogP contribution in [0.1, 0.15) is 28.4 Å². The van der Waals surface area contributed by atoms with E-state index in [0.717, 1.165) is 12.1 Å². The molecule has 2 bridgehead atoms. The molecule has 0 aliphatic carbocycles. The number of carbonyl (C=O) groups is 1. The Hall–Kier alpha value is -3.35. The molecule has 1 aromatic carbocycles. The number of hydrogen-bond donors (Lipinski definition) is 0. The molecule has 1 saturated heterocycles. The molecule has 2 aliphatic heterocycles. The molecule has 7 heteroatoms. The lowest BCUT2D eigenvalue weighted by molar-refractivity contribution is 0.0594. The molecule has 1 amide bonds. The lowest BCUT2D eigenvalue weighted by atomic mass is 9.82. The van der Waals surface area contributed by atoms with Gasteiger partial charge < -0.3 is 9.47 Å². The number of piperidine rings is 1. The van der Waals surface area contributed by atoms with E-state index in [-0.39, 0.29) is 29.1 Å². The van der Waals surface area contributed by atoms with Crippen LogP contribution in [0.2, 0.25) is 0 Å². The molecule has 0 N–H and O–H groups in total. The van der Waals surface area contributed by atoms with Crippen molar-refractivity contribution in [3.05, 3.63) is 82.5 Å². The summed E-state index contributed by atoms with van der Waals surface area (Å²) in [4.78, 5) is 35.8. The normalized spacial score (nSPS) is 20.2. The zero-order valence-corrected chi connectivity index (χ0v) is 15.7. The third kappa shape index (κ3) is 3.12. The standard InChI is InChI=1S/C22H19FN4O2/c23-18-3-1-15(2-4-18)21(28)26-10-14-7-16(12-26)20-6-5-19(22(29)27(20)11-14)17-8-24-13-25-9-17/h1-6,8-9,13-14,16H,7,10-12H2/t14-,16-/m1/s1. The Morgan fingerprint density at radius 3 is 2.52 bits per heavy atom. The van der Waals surface area contributed by atoms with E-state index in [1.54, 1.807) is 12.4 Å². The highest BCUT2D eigenvalue weighted by Crippen LogP contribution is 2.36. The second-order valence-electron chi connectivity index (χ2n) is 7.73. The highest BCUT2D eigenvalue weighted by atomic mass is 19.1. The van der Waals surface area contributed by atoms with Crippen molar-refractivity contribution in [2.75, 3.05) is 13.1 Å². The van der Waals surface area contributed by atoms with Gasteiger partial charge in [-0.3, -0.25) is 9.59 Å². The Labute approximate surface area is 166 Å². The number of amides is 1. The van der Waals surface area contributed by atoms with Gasteiger partial charge in [0.25, 0.3) is 11.5 Å². The minimum Gasteiger partial charge on any atom is -0.338 e. The zero-order valence-electron chi connectivity index (χ0n) is 15.7. The fourth-order valence-electron chi connectivity index (χ4n) is 4.54. The van der Waals surface area contributed by atoms with Crippen LogP contribution in [0, 0.1) is 11.7 Å². The minimum absolute atomic E-state index is 0.0367. The van der Waals surface area contributed by atoms with E-state index in [1.807, 2.05) is 21.6 Å². The highest BCUT2D eigenvalue weighted by Gasteiger charge is 2.37. The summed E-state index contributed by atoms with van der Waals surface area (Å²) >= 11 is 0. The van der Waals surface area contributed by atoms with Crippen LogP contribution in [0.4, 0.5) is 4.39 Å². The molecule has 6 nitrogen and oxygen atoms in total. The van der Waals surface area contributed by atoms with E-state index in [1.165, 1.54) is 30.6 Å². The predicted octanol–water partition coefficient (Wildman–Crippen LogP) is 2.70. The van der Waals surface area contributed by atoms with Crippen molar-refractivity contribution in [2.45, 2.75) is 18.9 Å². The van der Waals surface area contributed by atoms with E-state index in [9.17, 15) is 14.0 Å². The maximum atomic E-state index is 13.2. The molecule has 146 valence electrons. The largest absolute Gasteiger partial charge is 0.338 e. The first-order valence-corrected chi connectivity index (χ1v) is 9.64. The quantitative estimate of drug-likeness (QED) is 0.675. The van der Waals surface area contributed by atoms with Gasteiger partial charge in [0.1, 0.15) is 12.1 Å². The van der Waals surface area contributed by atoms with Crippen LogP contribution in [-0.2, 0) is 6.54 Å². The van der Waals surface area contributed by atoms with Crippen LogP contribution in [0.5, 0.6) is 0 Å². The van der Waals surface area contributed by atoms with Gasteiger partial charge in [-0.1, -0.05) is 0 Å². The average molecular weight is 390 g/mol. The number of pyridine rings is 1. The van der Waals surface area contributed by atoms with Crippen LogP contribution in [0.3, 0.4) is 0 Å². The van der Waals surface area contributed by atoms with Crippen LogP contribution >= 0.6 is 0 Å². The van der Waals surface area contributed by atoms with Gasteiger partial charge in [-0.2, -0.15) is 0 Å². The van der Waals surface area contributed by atoms with Crippen molar-refractivity contribution in [1.29, 1.82) is 0 Å². The number of benzene rings is 1. The minimum atomic E-state index is -0.356. The van der Waals surface area contributed by atoms with E-state index in [4.69, 9.17) is 0 Å². The van der Waals surface area contributed by atoms with Crippen molar-refractivity contribution < 1.29 is 9.18 Å². The first-order chi connectivity index (χ1) is 14.1. The summed E-state index contributed by atoms with van der Waals surface area (Å²) in [6, 6.07) is 9.47. The van der Waals surface area contributed by atoms with Crippen molar-refractivity contribution in [2.24, 2.45) is 5.92 Å². The van der Waals surface area contributed by atoms with Gasteiger partial charge >= 0.3 is 0 Å². The molecule has 2 atom stereocenters. The van der Waals surface area contributed by atoms with Crippen LogP contribution in [0.25, 0.3) is 11.1 Å². The Morgan fingerprint density at radius 2 is 1.76 bits per heavy atom. The van der Waals surface area contributed by atoms with Gasteiger partial charge in [0.15, 0.2) is 0 Å². The molecule has 0 saturated carbocycles. The van der Waals surface area contributed by atoms with Gasteiger partial charge in [0.2, 0.25) is 0 Å². The summed E-state index contributed by atoms with van der Waals surface area (Å²) < 4.78 is 15.0. The van der Waals surface area contributed by atoms with E-state index in [0.29, 0.717) is 36.3 Å². The molecule has 2 aromatic heterocycles. The number of likely N-dealkylation sites (tertiary alicyclic amines) is 1. The average Bonchev–Trinajstić information content (AvgIpc) is 2.75. The maximum Gasteiger partial charge on any atom is 0.258 e. The zero-order chi connectivity index (χ0) is 20.0. The Kier molecular flexibility index (Phi) is 4.23. The van der Waals surface area contributed by atoms with Gasteiger partial charge in [0, 0.05) is 54.8 Å². The number of halogens is 1. The molecular formula is C22H19FN4O2. The summed E-state index contributed by atoms with van der Waals surface area (Å²) in [5.74, 6) is -0.121. The van der Waals surface area contributed by atoms with Crippen LogP contribution in [-0.4, -0.2) is 38.4 Å². The summed E-state index contributed by atoms with van der Waals surface area (Å²) in [7, 11) is 0. The topological polar surface area (TPSA) is 68.1 Å². The summed E-state index contributed by atoms with van der Waals surface area (Å²) in [5.41, 5.74) is 2.71. The monoisotopic (exact) mass is 390 g/mol. The molecule has 0 radical (unpaired) electrons. The Balaban J connectivity index is 1.45. The molecule has 5 rings (SSSR count). The lowest BCUT2D eigenvalue weighted by Crippen LogP contribution is -2.49. The van der Waals surface area contributed by atoms with E-state index >= 15 is 0 Å². The van der Waals surface area contributed by atoms with Gasteiger partial charge in [-0.05, 0) is 48.7 Å². The lowest BCUT2D eigenvalue weighted by Gasteiger charge is -2.43. The molecule has 0 spiro atoms. The molecule has 1 fully saturated rings. The second kappa shape index (κ2) is 6.92. The van der Waals surface area contributed by atoms with Gasteiger partial charge in [-0.25, -0.2) is 14.4 Å². The van der Waals surface area contributed by atoms with Crippen LogP contribution < -0.4 is 5.56 Å². The first-order valence-electron chi connectivity index (χ1n) is 9.64. The molecular weight excluding hydrogens is 371 g/mol. The maximum absolute atomic E-state index is 13.2. The Morgan fingerprint density at radius 1 is 1.00 bits per heavy atom. The van der Waals surface area contributed by atoms with Crippen molar-refractivity contribution in [3.63, 3.8) is 0 Å². The van der Waals surface area contributed by atoms with Crippen molar-refractivity contribution in [3.8, 4) is 11.1 Å². The molecule has 4 heterocycles. The van der Waals surface area contributed by atoms with Gasteiger partial charge in [-0.15, -0.1) is 0 Å². The number of carbonyl (C=O) groups excluding carboxylic acids is 1. The number of rotatable bonds is 2. The third-order valence-corrected chi connectivity index (χ3v) is 5.85. The fraction of sp³-hybridized carbons (Fsp3) is 0.273. The predicted molar refractivity (Wildman–Crippen MR) is 105 cm³/mol. The molecule has 3 aromatic rings. The van der Waals surface area contributed by atoms with Crippen molar-refractivity contribution in [1.82, 2.24) is 19.4 Å². The van der Waals surface area contributed by atoms with E-state index in [2.05, 4.69) is 9.97 Å². The molecule has 29 heavy (non-hydrogen) atoms. The number of hydrogen-bond acceptors (Lipinski definition) is 4. The Bertz CT molecular complexity index is 1130. The second-order valence-corrected chi connectivity index (χ2v) is 7.73. The summed E-state index contributed by atoms with van der Waals surface area (Å²) in [6.07, 6.45) is 5.68. The van der Waals surface area contributed by atoms with Gasteiger partial charge in [0.05, 0.1) is 5.56 Å². The molecule has 2 aliphatic rings. The SMILES string of the molecule is O=C(c1ccc(F)cc1)N1C[C@H]2C[C@H](C1)c1ccc(-c3cncnc3)c(=O)n1C2.